The summed E-state index contributed by atoms with van der Waals surface area (Å²) < 4.78 is 2.23. The molecule has 0 fully saturated rings. The van der Waals surface area contributed by atoms with E-state index in [0.717, 1.165) is 33.5 Å². The van der Waals surface area contributed by atoms with Gasteiger partial charge in [0.15, 0.2) is 5.13 Å². The number of nitrogens with zero attached hydrogens (tertiary/aromatic N) is 3. The van der Waals surface area contributed by atoms with E-state index >= 15 is 0 Å². The van der Waals surface area contributed by atoms with Gasteiger partial charge in [0, 0.05) is 38.9 Å². The maximum atomic E-state index is 4.89. The first kappa shape index (κ1) is 25.3. The fourth-order valence-electron chi connectivity index (χ4n) is 4.30. The summed E-state index contributed by atoms with van der Waals surface area (Å²) >= 11 is 3.57. The third kappa shape index (κ3) is 6.08. The van der Waals surface area contributed by atoms with E-state index in [9.17, 15) is 0 Å². The number of hydrogen-bond donors (Lipinski definition) is 2. The molecule has 1 atom stereocenters. The van der Waals surface area contributed by atoms with Gasteiger partial charge in [-0.05, 0) is 63.4 Å². The fraction of sp³-hybridized carbons (Fsp3) is 0.357. The zero-order valence-electron chi connectivity index (χ0n) is 21.9. The number of rotatable bonds is 7. The lowest BCUT2D eigenvalue weighted by atomic mass is 10.0. The smallest absolute Gasteiger partial charge is 0.187 e. The van der Waals surface area contributed by atoms with Gasteiger partial charge in [-0.15, -0.1) is 23.1 Å². The summed E-state index contributed by atoms with van der Waals surface area (Å²) in [6.07, 6.45) is 3.87. The largest absolute Gasteiger partial charge is 0.373 e. The molecule has 1 unspecified atom stereocenters. The number of imidazole rings is 1. The molecule has 2 aromatic carbocycles. The van der Waals surface area contributed by atoms with Gasteiger partial charge in [0.25, 0.3) is 0 Å². The highest BCUT2D eigenvalue weighted by atomic mass is 32.2. The Hall–Kier alpha value is -2.77. The van der Waals surface area contributed by atoms with Crippen LogP contribution >= 0.6 is 23.1 Å². The van der Waals surface area contributed by atoms with Crippen LogP contribution in [0.1, 0.15) is 50.1 Å². The fourth-order valence-corrected chi connectivity index (χ4v) is 6.26. The molecule has 0 aliphatic rings. The van der Waals surface area contributed by atoms with Gasteiger partial charge >= 0.3 is 0 Å². The molecule has 2 heterocycles. The van der Waals surface area contributed by atoms with Gasteiger partial charge < -0.3 is 15.2 Å². The third-order valence-corrected chi connectivity index (χ3v) is 7.69. The number of aryl methyl sites for hydroxylation is 3. The molecule has 2 N–H and O–H groups in total. The zero-order valence-corrected chi connectivity index (χ0v) is 23.5. The second kappa shape index (κ2) is 10.1. The molecule has 35 heavy (non-hydrogen) atoms. The summed E-state index contributed by atoms with van der Waals surface area (Å²) in [5.74, 6) is 0. The maximum absolute atomic E-state index is 4.89. The summed E-state index contributed by atoms with van der Waals surface area (Å²) in [6.45, 7) is 17.5. The van der Waals surface area contributed by atoms with Crippen molar-refractivity contribution in [2.24, 2.45) is 0 Å². The molecular weight excluding hydrogens is 470 g/mol. The Labute approximate surface area is 217 Å². The second-order valence-electron chi connectivity index (χ2n) is 10.0. The molecule has 0 saturated carbocycles. The van der Waals surface area contributed by atoms with Crippen molar-refractivity contribution in [1.29, 1.82) is 0 Å². The highest BCUT2D eigenvalue weighted by molar-refractivity contribution is 8.01. The molecule has 0 aliphatic heterocycles. The Bertz CT molecular complexity index is 1310. The zero-order chi connectivity index (χ0) is 25.3. The van der Waals surface area contributed by atoms with Crippen molar-refractivity contribution in [2.75, 3.05) is 10.6 Å². The van der Waals surface area contributed by atoms with E-state index < -0.39 is 0 Å². The van der Waals surface area contributed by atoms with E-state index in [4.69, 9.17) is 4.98 Å². The lowest BCUT2D eigenvalue weighted by Gasteiger charge is -2.27. The number of thiazole rings is 1. The van der Waals surface area contributed by atoms with Crippen LogP contribution in [0.2, 0.25) is 0 Å². The lowest BCUT2D eigenvalue weighted by molar-refractivity contribution is 0.796. The topological polar surface area (TPSA) is 54.8 Å². The van der Waals surface area contributed by atoms with Crippen LogP contribution in [0.4, 0.5) is 16.5 Å². The molecule has 7 heteroatoms. The van der Waals surface area contributed by atoms with Gasteiger partial charge in [0.05, 0.1) is 23.1 Å². The van der Waals surface area contributed by atoms with Gasteiger partial charge in [-0.3, -0.25) is 0 Å². The molecule has 0 spiro atoms. The summed E-state index contributed by atoms with van der Waals surface area (Å²) in [5, 5.41) is 10.7. The van der Waals surface area contributed by atoms with Crippen molar-refractivity contribution in [2.45, 2.75) is 65.5 Å². The predicted molar refractivity (Wildman–Crippen MR) is 154 cm³/mol. The van der Waals surface area contributed by atoms with Crippen LogP contribution in [0.15, 0.2) is 48.2 Å². The first-order valence-corrected chi connectivity index (χ1v) is 13.7. The Morgan fingerprint density at radius 1 is 1.00 bits per heavy atom. The van der Waals surface area contributed by atoms with E-state index in [1.54, 1.807) is 11.3 Å². The second-order valence-corrected chi connectivity index (χ2v) is 13.1. The van der Waals surface area contributed by atoms with E-state index in [1.807, 2.05) is 35.8 Å². The van der Waals surface area contributed by atoms with Crippen LogP contribution in [0.3, 0.4) is 0 Å². The van der Waals surface area contributed by atoms with Crippen LogP contribution in [-0.4, -0.2) is 24.7 Å². The standard InChI is InChI=1S/C28H35N5S2/c1-17-13-18(2)26(20(4)25(17)30-21(5)35-28(6,7)8)32-27-31-24(15-34-27)22-9-11-23(12-10-22)33-14-19(3)29-16-33/h9-16,21,30H,1-8H3,(H,31,32). The van der Waals surface area contributed by atoms with Gasteiger partial charge in [-0.25, -0.2) is 9.97 Å². The van der Waals surface area contributed by atoms with Gasteiger partial charge in [0.1, 0.15) is 0 Å². The van der Waals surface area contributed by atoms with Crippen molar-refractivity contribution in [3.8, 4) is 16.9 Å². The summed E-state index contributed by atoms with van der Waals surface area (Å²) in [6, 6.07) is 10.7. The Morgan fingerprint density at radius 2 is 1.69 bits per heavy atom. The van der Waals surface area contributed by atoms with Gasteiger partial charge in [-0.1, -0.05) is 39.0 Å². The van der Waals surface area contributed by atoms with E-state index in [-0.39, 0.29) is 4.75 Å². The van der Waals surface area contributed by atoms with Gasteiger partial charge in [0.2, 0.25) is 0 Å². The average molecular weight is 506 g/mol. The third-order valence-electron chi connectivity index (χ3n) is 5.76. The molecule has 0 amide bonds. The molecule has 5 nitrogen and oxygen atoms in total. The molecule has 2 aromatic heterocycles. The summed E-state index contributed by atoms with van der Waals surface area (Å²) in [4.78, 5) is 9.20. The SMILES string of the molecule is Cc1cn(-c2ccc(-c3csc(Nc4c(C)cc(C)c(NC(C)SC(C)(C)C)c4C)n3)cc2)cn1. The number of thioether (sulfide) groups is 1. The minimum atomic E-state index is 0.202. The van der Waals surface area contributed by atoms with E-state index in [1.165, 1.54) is 22.4 Å². The molecule has 0 radical (unpaired) electrons. The monoisotopic (exact) mass is 505 g/mol. The molecule has 184 valence electrons. The minimum Gasteiger partial charge on any atom is -0.373 e. The van der Waals surface area contributed by atoms with Crippen molar-refractivity contribution in [3.63, 3.8) is 0 Å². The normalized spacial score (nSPS) is 12.6. The molecule has 4 aromatic rings. The molecule has 0 bridgehead atoms. The lowest BCUT2D eigenvalue weighted by Crippen LogP contribution is -2.21. The molecule has 0 saturated heterocycles. The Morgan fingerprint density at radius 3 is 2.31 bits per heavy atom. The Balaban J connectivity index is 1.54. The minimum absolute atomic E-state index is 0.202. The number of benzene rings is 2. The highest BCUT2D eigenvalue weighted by Crippen LogP contribution is 2.37. The number of aromatic nitrogens is 3. The van der Waals surface area contributed by atoms with Crippen LogP contribution in [0.25, 0.3) is 16.9 Å². The Kier molecular flexibility index (Phi) is 7.29. The van der Waals surface area contributed by atoms with Crippen LogP contribution < -0.4 is 10.6 Å². The average Bonchev–Trinajstić information content (AvgIpc) is 3.42. The summed E-state index contributed by atoms with van der Waals surface area (Å²) in [7, 11) is 0. The highest BCUT2D eigenvalue weighted by Gasteiger charge is 2.19. The van der Waals surface area contributed by atoms with E-state index in [2.05, 4.69) is 99.8 Å². The molecule has 4 rings (SSSR count). The number of anilines is 3. The first-order valence-electron chi connectivity index (χ1n) is 11.9. The van der Waals surface area contributed by atoms with E-state index in [0.29, 0.717) is 5.37 Å². The van der Waals surface area contributed by atoms with Crippen LogP contribution in [0, 0.1) is 27.7 Å². The maximum Gasteiger partial charge on any atom is 0.187 e. The van der Waals surface area contributed by atoms with Crippen LogP contribution in [-0.2, 0) is 0 Å². The van der Waals surface area contributed by atoms with Crippen molar-refractivity contribution >= 4 is 39.6 Å². The first-order chi connectivity index (χ1) is 16.5. The van der Waals surface area contributed by atoms with Crippen molar-refractivity contribution < 1.29 is 0 Å². The quantitative estimate of drug-likeness (QED) is 0.248. The predicted octanol–water partition coefficient (Wildman–Crippen LogP) is 8.26. The number of hydrogen-bond acceptors (Lipinski definition) is 6. The van der Waals surface area contributed by atoms with Gasteiger partial charge in [-0.2, -0.15) is 0 Å². The number of nitrogens with one attached hydrogen (secondary N) is 2. The molecular formula is C28H35N5S2. The van der Waals surface area contributed by atoms with Crippen molar-refractivity contribution in [3.05, 3.63) is 70.6 Å². The van der Waals surface area contributed by atoms with Crippen molar-refractivity contribution in [1.82, 2.24) is 14.5 Å². The van der Waals surface area contributed by atoms with Crippen LogP contribution in [0.5, 0.6) is 0 Å². The molecule has 0 aliphatic carbocycles. The summed E-state index contributed by atoms with van der Waals surface area (Å²) in [5.41, 5.74) is 10.2.